The van der Waals surface area contributed by atoms with Crippen LogP contribution >= 0.6 is 0 Å². The molecule has 0 aliphatic heterocycles. The predicted octanol–water partition coefficient (Wildman–Crippen LogP) is 3.82. The number of aryl methyl sites for hydroxylation is 2. The van der Waals surface area contributed by atoms with Gasteiger partial charge in [-0.15, -0.1) is 0 Å². The molecule has 32 heavy (non-hydrogen) atoms. The highest BCUT2D eigenvalue weighted by Gasteiger charge is 2.13. The molecule has 0 saturated carbocycles. The minimum Gasteiger partial charge on any atom is -0.423 e. The summed E-state index contributed by atoms with van der Waals surface area (Å²) in [5.41, 5.74) is 3.22. The zero-order valence-corrected chi connectivity index (χ0v) is 17.6. The molecule has 8 heteroatoms. The first-order valence-corrected chi connectivity index (χ1v) is 9.91. The van der Waals surface area contributed by atoms with Crippen LogP contribution in [0.3, 0.4) is 0 Å². The molecule has 0 spiro atoms. The number of nitriles is 1. The van der Waals surface area contributed by atoms with E-state index in [2.05, 4.69) is 26.3 Å². The standard InChI is InChI=1S/C24H20N6O2/c1-16-6-5-7-17(13-25)23(16)32-24-28-20(18-9-10-22(31)30(2)15-18)12-21(29-24)27-14-19-8-3-4-11-26-19/h3-12,15H,14H2,1-2H3,(H,27,28,29). The summed E-state index contributed by atoms with van der Waals surface area (Å²) in [7, 11) is 1.68. The van der Waals surface area contributed by atoms with Crippen molar-refractivity contribution in [1.29, 1.82) is 5.26 Å². The summed E-state index contributed by atoms with van der Waals surface area (Å²) in [5, 5.41) is 12.7. The van der Waals surface area contributed by atoms with Gasteiger partial charge in [0.2, 0.25) is 5.56 Å². The molecule has 0 radical (unpaired) electrons. The van der Waals surface area contributed by atoms with Gasteiger partial charge < -0.3 is 14.6 Å². The van der Waals surface area contributed by atoms with E-state index in [9.17, 15) is 10.1 Å². The first kappa shape index (κ1) is 20.8. The van der Waals surface area contributed by atoms with Gasteiger partial charge in [-0.25, -0.2) is 0 Å². The summed E-state index contributed by atoms with van der Waals surface area (Å²) in [5.74, 6) is 0.930. The number of ether oxygens (including phenoxy) is 1. The Balaban J connectivity index is 1.74. The Kier molecular flexibility index (Phi) is 5.90. The van der Waals surface area contributed by atoms with E-state index in [-0.39, 0.29) is 11.6 Å². The summed E-state index contributed by atoms with van der Waals surface area (Å²) in [6, 6.07) is 18.2. The molecular weight excluding hydrogens is 404 g/mol. The van der Waals surface area contributed by atoms with E-state index in [1.165, 1.54) is 10.6 Å². The molecule has 0 saturated heterocycles. The van der Waals surface area contributed by atoms with Gasteiger partial charge in [0.1, 0.15) is 11.9 Å². The van der Waals surface area contributed by atoms with E-state index in [1.807, 2.05) is 31.2 Å². The van der Waals surface area contributed by atoms with E-state index < -0.39 is 0 Å². The van der Waals surface area contributed by atoms with Gasteiger partial charge in [0.25, 0.3) is 0 Å². The van der Waals surface area contributed by atoms with Crippen LogP contribution in [0.4, 0.5) is 5.82 Å². The largest absolute Gasteiger partial charge is 0.423 e. The van der Waals surface area contributed by atoms with Crippen molar-refractivity contribution in [3.63, 3.8) is 0 Å². The lowest BCUT2D eigenvalue weighted by Crippen LogP contribution is -2.14. The number of hydrogen-bond donors (Lipinski definition) is 1. The first-order chi connectivity index (χ1) is 15.5. The lowest BCUT2D eigenvalue weighted by molar-refractivity contribution is 0.438. The monoisotopic (exact) mass is 424 g/mol. The van der Waals surface area contributed by atoms with Crippen molar-refractivity contribution in [2.75, 3.05) is 5.32 Å². The van der Waals surface area contributed by atoms with Crippen LogP contribution in [-0.4, -0.2) is 19.5 Å². The van der Waals surface area contributed by atoms with Crippen molar-refractivity contribution < 1.29 is 4.74 Å². The van der Waals surface area contributed by atoms with Crippen LogP contribution in [0.15, 0.2) is 71.8 Å². The third-order valence-electron chi connectivity index (χ3n) is 4.79. The first-order valence-electron chi connectivity index (χ1n) is 9.91. The van der Waals surface area contributed by atoms with Crippen molar-refractivity contribution in [3.8, 4) is 29.1 Å². The molecule has 4 aromatic rings. The SMILES string of the molecule is Cc1cccc(C#N)c1Oc1nc(NCc2ccccn2)cc(-c2ccc(=O)n(C)c2)n1. The number of para-hydroxylation sites is 1. The summed E-state index contributed by atoms with van der Waals surface area (Å²) in [6.45, 7) is 2.31. The lowest BCUT2D eigenvalue weighted by Gasteiger charge is -2.13. The third-order valence-corrected chi connectivity index (χ3v) is 4.79. The zero-order chi connectivity index (χ0) is 22.5. The smallest absolute Gasteiger partial charge is 0.324 e. The zero-order valence-electron chi connectivity index (χ0n) is 17.6. The molecule has 0 atom stereocenters. The lowest BCUT2D eigenvalue weighted by atomic mass is 10.1. The van der Waals surface area contributed by atoms with Crippen LogP contribution in [0.1, 0.15) is 16.8 Å². The number of aromatic nitrogens is 4. The van der Waals surface area contributed by atoms with E-state index in [0.29, 0.717) is 29.4 Å². The Morgan fingerprint density at radius 3 is 2.75 bits per heavy atom. The van der Waals surface area contributed by atoms with Crippen LogP contribution < -0.4 is 15.6 Å². The fraction of sp³-hybridized carbons (Fsp3) is 0.125. The van der Waals surface area contributed by atoms with Crippen LogP contribution in [-0.2, 0) is 13.6 Å². The van der Waals surface area contributed by atoms with Gasteiger partial charge in [0.15, 0.2) is 5.75 Å². The van der Waals surface area contributed by atoms with Gasteiger partial charge in [0, 0.05) is 37.1 Å². The Hall–Kier alpha value is -4.51. The molecule has 158 valence electrons. The van der Waals surface area contributed by atoms with Gasteiger partial charge in [-0.05, 0) is 36.8 Å². The summed E-state index contributed by atoms with van der Waals surface area (Å²) < 4.78 is 7.45. The molecule has 1 N–H and O–H groups in total. The van der Waals surface area contributed by atoms with Gasteiger partial charge in [-0.3, -0.25) is 9.78 Å². The van der Waals surface area contributed by atoms with E-state index in [1.54, 1.807) is 43.7 Å². The molecule has 0 aliphatic rings. The maximum atomic E-state index is 11.8. The Morgan fingerprint density at radius 1 is 1.12 bits per heavy atom. The topological polar surface area (TPSA) is 106 Å². The second-order valence-electron chi connectivity index (χ2n) is 7.13. The number of benzene rings is 1. The van der Waals surface area contributed by atoms with E-state index in [0.717, 1.165) is 16.8 Å². The second-order valence-corrected chi connectivity index (χ2v) is 7.13. The number of pyridine rings is 2. The maximum Gasteiger partial charge on any atom is 0.324 e. The van der Waals surface area contributed by atoms with Crippen LogP contribution in [0.2, 0.25) is 0 Å². The quantitative estimate of drug-likeness (QED) is 0.501. The molecule has 8 nitrogen and oxygen atoms in total. The van der Waals surface area contributed by atoms with E-state index in [4.69, 9.17) is 4.74 Å². The summed E-state index contributed by atoms with van der Waals surface area (Å²) in [6.07, 6.45) is 3.43. The number of nitrogens with one attached hydrogen (secondary N) is 1. The van der Waals surface area contributed by atoms with Gasteiger partial charge in [0.05, 0.1) is 23.5 Å². The van der Waals surface area contributed by atoms with Crippen LogP contribution in [0.25, 0.3) is 11.3 Å². The molecule has 4 rings (SSSR count). The predicted molar refractivity (Wildman–Crippen MR) is 120 cm³/mol. The number of anilines is 1. The molecule has 0 bridgehead atoms. The van der Waals surface area contributed by atoms with Crippen molar-refractivity contribution in [2.45, 2.75) is 13.5 Å². The summed E-state index contributed by atoms with van der Waals surface area (Å²) >= 11 is 0. The van der Waals surface area contributed by atoms with Crippen LogP contribution in [0.5, 0.6) is 11.8 Å². The second kappa shape index (κ2) is 9.10. The highest BCUT2D eigenvalue weighted by Crippen LogP contribution is 2.29. The summed E-state index contributed by atoms with van der Waals surface area (Å²) in [4.78, 5) is 25.1. The Morgan fingerprint density at radius 2 is 2.00 bits per heavy atom. The highest BCUT2D eigenvalue weighted by atomic mass is 16.5. The Labute approximate surface area is 184 Å². The van der Waals surface area contributed by atoms with E-state index >= 15 is 0 Å². The molecular formula is C24H20N6O2. The maximum absolute atomic E-state index is 11.8. The molecule has 0 amide bonds. The van der Waals surface area contributed by atoms with Crippen LogP contribution in [0, 0.1) is 18.3 Å². The number of rotatable bonds is 6. The molecule has 1 aromatic carbocycles. The Bertz CT molecular complexity index is 1360. The number of hydrogen-bond acceptors (Lipinski definition) is 7. The van der Waals surface area contributed by atoms with Crippen molar-refractivity contribution in [3.05, 3.63) is 94.2 Å². The van der Waals surface area contributed by atoms with Crippen molar-refractivity contribution in [2.24, 2.45) is 7.05 Å². The highest BCUT2D eigenvalue weighted by molar-refractivity contribution is 5.62. The molecule has 0 unspecified atom stereocenters. The van der Waals surface area contributed by atoms with Crippen molar-refractivity contribution >= 4 is 5.82 Å². The number of nitrogens with zero attached hydrogens (tertiary/aromatic N) is 5. The minimum atomic E-state index is -0.119. The van der Waals surface area contributed by atoms with Gasteiger partial charge in [-0.1, -0.05) is 18.2 Å². The molecule has 0 fully saturated rings. The third kappa shape index (κ3) is 4.63. The normalized spacial score (nSPS) is 10.4. The van der Waals surface area contributed by atoms with Gasteiger partial charge in [-0.2, -0.15) is 15.2 Å². The molecule has 0 aliphatic carbocycles. The minimum absolute atomic E-state index is 0.0886. The average molecular weight is 424 g/mol. The fourth-order valence-electron chi connectivity index (χ4n) is 3.11. The van der Waals surface area contributed by atoms with Crippen molar-refractivity contribution in [1.82, 2.24) is 19.5 Å². The van der Waals surface area contributed by atoms with Gasteiger partial charge >= 0.3 is 6.01 Å². The average Bonchev–Trinajstić information content (AvgIpc) is 2.81. The molecule has 3 aromatic heterocycles. The molecule has 3 heterocycles. The fourth-order valence-corrected chi connectivity index (χ4v) is 3.11.